The molecule has 0 heterocycles. The fourth-order valence-electron chi connectivity index (χ4n) is 1.37. The summed E-state index contributed by atoms with van der Waals surface area (Å²) in [5, 5.41) is 0.636. The van der Waals surface area contributed by atoms with Gasteiger partial charge in [-0.15, -0.1) is 0 Å². The highest BCUT2D eigenvalue weighted by Gasteiger charge is 2.11. The van der Waals surface area contributed by atoms with Crippen molar-refractivity contribution in [2.24, 2.45) is 0 Å². The number of Topliss-reactive ketones (excluding diaryl/α,β-unsaturated/α-hetero) is 1. The lowest BCUT2D eigenvalue weighted by Gasteiger charge is -2.10. The van der Waals surface area contributed by atoms with Gasteiger partial charge in [0.05, 0.1) is 17.0 Å². The van der Waals surface area contributed by atoms with Crippen molar-refractivity contribution in [3.8, 4) is 0 Å². The lowest BCUT2D eigenvalue weighted by Crippen LogP contribution is -2.10. The monoisotopic (exact) mass is 309 g/mol. The Bertz CT molecular complexity index is 570. The normalized spacial score (nSPS) is 11.3. The molecule has 1 aromatic carbocycles. The standard InChI is InChI=1S/C11H13Cl2NO3S/c1-7(15)3-4-8-5-11(14-18(2,16)17)10(13)6-9(8)12/h5-6,14H,3-4H2,1-2H3. The second-order valence-corrected chi connectivity index (χ2v) is 6.56. The number of sulfonamides is 1. The van der Waals surface area contributed by atoms with E-state index in [0.29, 0.717) is 23.4 Å². The van der Waals surface area contributed by atoms with E-state index in [-0.39, 0.29) is 16.5 Å². The third-order valence-electron chi connectivity index (χ3n) is 2.18. The third-order valence-corrected chi connectivity index (χ3v) is 3.43. The molecule has 1 N–H and O–H groups in total. The van der Waals surface area contributed by atoms with E-state index >= 15 is 0 Å². The SMILES string of the molecule is CC(=O)CCc1cc(NS(C)(=O)=O)c(Cl)cc1Cl. The molecule has 1 aromatic rings. The molecule has 0 aromatic heterocycles. The number of halogens is 2. The van der Waals surface area contributed by atoms with Crippen LogP contribution >= 0.6 is 23.2 Å². The minimum Gasteiger partial charge on any atom is -0.300 e. The molecule has 18 heavy (non-hydrogen) atoms. The Morgan fingerprint density at radius 3 is 2.39 bits per heavy atom. The molecule has 4 nitrogen and oxygen atoms in total. The average Bonchev–Trinajstić information content (AvgIpc) is 2.18. The second-order valence-electron chi connectivity index (χ2n) is 4.00. The van der Waals surface area contributed by atoms with Gasteiger partial charge in [0.25, 0.3) is 0 Å². The number of aryl methyl sites for hydroxylation is 1. The van der Waals surface area contributed by atoms with E-state index in [1.165, 1.54) is 13.0 Å². The molecular weight excluding hydrogens is 297 g/mol. The Morgan fingerprint density at radius 2 is 1.89 bits per heavy atom. The third kappa shape index (κ3) is 4.84. The summed E-state index contributed by atoms with van der Waals surface area (Å²) in [6, 6.07) is 3.01. The van der Waals surface area contributed by atoms with Crippen molar-refractivity contribution >= 4 is 44.7 Å². The van der Waals surface area contributed by atoms with Gasteiger partial charge in [0.2, 0.25) is 10.0 Å². The second kappa shape index (κ2) is 5.91. The van der Waals surface area contributed by atoms with Crippen LogP contribution in [0.25, 0.3) is 0 Å². The molecule has 0 bridgehead atoms. The number of carbonyl (C=O) groups excluding carboxylic acids is 1. The minimum atomic E-state index is -3.41. The maximum Gasteiger partial charge on any atom is 0.229 e. The van der Waals surface area contributed by atoms with Crippen molar-refractivity contribution in [1.29, 1.82) is 0 Å². The van der Waals surface area contributed by atoms with Gasteiger partial charge in [0.15, 0.2) is 0 Å². The Balaban J connectivity index is 3.06. The fraction of sp³-hybridized carbons (Fsp3) is 0.364. The zero-order valence-electron chi connectivity index (χ0n) is 9.96. The molecule has 0 spiro atoms. The summed E-state index contributed by atoms with van der Waals surface area (Å²) in [6.07, 6.45) is 1.83. The van der Waals surface area contributed by atoms with E-state index in [0.717, 1.165) is 6.26 Å². The van der Waals surface area contributed by atoms with E-state index in [2.05, 4.69) is 4.72 Å². The van der Waals surface area contributed by atoms with Crippen molar-refractivity contribution < 1.29 is 13.2 Å². The number of ketones is 1. The summed E-state index contributed by atoms with van der Waals surface area (Å²) in [5.41, 5.74) is 0.949. The fourth-order valence-corrected chi connectivity index (χ4v) is 2.52. The Kier molecular flexibility index (Phi) is 5.01. The number of hydrogen-bond donors (Lipinski definition) is 1. The molecule has 0 atom stereocenters. The number of rotatable bonds is 5. The maximum atomic E-state index is 11.2. The Labute approximate surface area is 116 Å². The van der Waals surface area contributed by atoms with Crippen LogP contribution in [0.2, 0.25) is 10.0 Å². The molecule has 0 aliphatic heterocycles. The van der Waals surface area contributed by atoms with Crippen LogP contribution in [0.15, 0.2) is 12.1 Å². The maximum absolute atomic E-state index is 11.2. The molecule has 0 saturated heterocycles. The molecular formula is C11H13Cl2NO3S. The molecule has 0 unspecified atom stereocenters. The summed E-state index contributed by atoms with van der Waals surface area (Å²) >= 11 is 11.9. The molecule has 0 fully saturated rings. The number of nitrogens with one attached hydrogen (secondary N) is 1. The van der Waals surface area contributed by atoms with Gasteiger partial charge in [0, 0.05) is 11.4 Å². The zero-order chi connectivity index (χ0) is 13.9. The topological polar surface area (TPSA) is 63.2 Å². The van der Waals surface area contributed by atoms with Crippen LogP contribution in [-0.4, -0.2) is 20.5 Å². The minimum absolute atomic E-state index is 0.0404. The largest absolute Gasteiger partial charge is 0.300 e. The first-order valence-electron chi connectivity index (χ1n) is 5.14. The molecule has 1 rings (SSSR count). The lowest BCUT2D eigenvalue weighted by atomic mass is 10.1. The van der Waals surface area contributed by atoms with E-state index in [9.17, 15) is 13.2 Å². The summed E-state index contributed by atoms with van der Waals surface area (Å²) in [4.78, 5) is 10.9. The highest BCUT2D eigenvalue weighted by atomic mass is 35.5. The number of carbonyl (C=O) groups is 1. The van der Waals surface area contributed by atoms with Gasteiger partial charge in [-0.1, -0.05) is 23.2 Å². The van der Waals surface area contributed by atoms with Crippen molar-refractivity contribution in [1.82, 2.24) is 0 Å². The van der Waals surface area contributed by atoms with Crippen LogP contribution < -0.4 is 4.72 Å². The van der Waals surface area contributed by atoms with Crippen LogP contribution in [0.1, 0.15) is 18.9 Å². The molecule has 0 saturated carbocycles. The van der Waals surface area contributed by atoms with Crippen molar-refractivity contribution in [3.05, 3.63) is 27.7 Å². The van der Waals surface area contributed by atoms with Crippen molar-refractivity contribution in [2.75, 3.05) is 11.0 Å². The Morgan fingerprint density at radius 1 is 1.28 bits per heavy atom. The number of benzene rings is 1. The van der Waals surface area contributed by atoms with E-state index < -0.39 is 10.0 Å². The molecule has 100 valence electrons. The first kappa shape index (κ1) is 15.3. The predicted octanol–water partition coefficient (Wildman–Crippen LogP) is 2.89. The molecule has 0 radical (unpaired) electrons. The van der Waals surface area contributed by atoms with Gasteiger partial charge in [0.1, 0.15) is 5.78 Å². The van der Waals surface area contributed by atoms with Gasteiger partial charge in [-0.05, 0) is 31.0 Å². The van der Waals surface area contributed by atoms with Crippen molar-refractivity contribution in [3.63, 3.8) is 0 Å². The van der Waals surface area contributed by atoms with Crippen molar-refractivity contribution in [2.45, 2.75) is 19.8 Å². The first-order valence-corrected chi connectivity index (χ1v) is 7.79. The Hall–Kier alpha value is -0.780. The summed E-state index contributed by atoms with van der Waals surface area (Å²) in [6.45, 7) is 1.49. The molecule has 0 aliphatic carbocycles. The highest BCUT2D eigenvalue weighted by Crippen LogP contribution is 2.30. The number of hydrogen-bond acceptors (Lipinski definition) is 3. The predicted molar refractivity (Wildman–Crippen MR) is 73.9 cm³/mol. The van der Waals surface area contributed by atoms with E-state index in [1.54, 1.807) is 6.07 Å². The van der Waals surface area contributed by atoms with E-state index in [4.69, 9.17) is 23.2 Å². The van der Waals surface area contributed by atoms with Gasteiger partial charge < -0.3 is 4.79 Å². The van der Waals surface area contributed by atoms with Gasteiger partial charge in [-0.2, -0.15) is 0 Å². The molecule has 7 heteroatoms. The van der Waals surface area contributed by atoms with Crippen LogP contribution in [0.4, 0.5) is 5.69 Å². The van der Waals surface area contributed by atoms with Gasteiger partial charge >= 0.3 is 0 Å². The average molecular weight is 310 g/mol. The highest BCUT2D eigenvalue weighted by molar-refractivity contribution is 7.92. The number of anilines is 1. The zero-order valence-corrected chi connectivity index (χ0v) is 12.3. The quantitative estimate of drug-likeness (QED) is 0.909. The van der Waals surface area contributed by atoms with Gasteiger partial charge in [-0.3, -0.25) is 4.72 Å². The van der Waals surface area contributed by atoms with Crippen LogP contribution in [0.5, 0.6) is 0 Å². The summed E-state index contributed by atoms with van der Waals surface area (Å²) in [7, 11) is -3.41. The lowest BCUT2D eigenvalue weighted by molar-refractivity contribution is -0.116. The van der Waals surface area contributed by atoms with Crippen LogP contribution in [-0.2, 0) is 21.2 Å². The molecule has 0 aliphatic rings. The first-order chi connectivity index (χ1) is 8.19. The molecule has 0 amide bonds. The van der Waals surface area contributed by atoms with Gasteiger partial charge in [-0.25, -0.2) is 8.42 Å². The van der Waals surface area contributed by atoms with E-state index in [1.807, 2.05) is 0 Å². The van der Waals surface area contributed by atoms with Crippen LogP contribution in [0, 0.1) is 0 Å². The summed E-state index contributed by atoms with van der Waals surface area (Å²) < 4.78 is 24.6. The summed E-state index contributed by atoms with van der Waals surface area (Å²) in [5.74, 6) is 0.0404. The van der Waals surface area contributed by atoms with Crippen LogP contribution in [0.3, 0.4) is 0 Å². The smallest absolute Gasteiger partial charge is 0.229 e.